The van der Waals surface area contributed by atoms with Crippen molar-refractivity contribution < 1.29 is 9.53 Å². The van der Waals surface area contributed by atoms with Crippen LogP contribution in [0.4, 0.5) is 4.79 Å². The SMILES string of the molecule is COCC(C)CNC(=O)N1CCCCC1. The molecule has 1 rings (SSSR count). The number of piperidine rings is 1. The minimum absolute atomic E-state index is 0.0812. The second-order valence-electron chi connectivity index (χ2n) is 4.29. The molecule has 0 radical (unpaired) electrons. The maximum atomic E-state index is 11.7. The average molecular weight is 214 g/mol. The molecule has 0 bridgehead atoms. The number of rotatable bonds is 4. The zero-order chi connectivity index (χ0) is 11.1. The van der Waals surface area contributed by atoms with Gasteiger partial charge in [0.05, 0.1) is 6.61 Å². The molecular weight excluding hydrogens is 192 g/mol. The van der Waals surface area contributed by atoms with Crippen LogP contribution in [0.1, 0.15) is 26.2 Å². The van der Waals surface area contributed by atoms with E-state index in [4.69, 9.17) is 4.74 Å². The van der Waals surface area contributed by atoms with Gasteiger partial charge in [0.25, 0.3) is 0 Å². The smallest absolute Gasteiger partial charge is 0.317 e. The molecule has 4 nitrogen and oxygen atoms in total. The molecule has 1 aliphatic rings. The van der Waals surface area contributed by atoms with Crippen molar-refractivity contribution in [2.24, 2.45) is 5.92 Å². The average Bonchev–Trinajstić information content (AvgIpc) is 2.27. The lowest BCUT2D eigenvalue weighted by atomic mass is 10.1. The first-order valence-electron chi connectivity index (χ1n) is 5.75. The third-order valence-electron chi connectivity index (χ3n) is 2.70. The van der Waals surface area contributed by atoms with Crippen molar-refractivity contribution in [3.8, 4) is 0 Å². The molecule has 0 saturated carbocycles. The largest absolute Gasteiger partial charge is 0.384 e. The minimum atomic E-state index is 0.0812. The molecule has 1 fully saturated rings. The van der Waals surface area contributed by atoms with Gasteiger partial charge in [0, 0.05) is 26.7 Å². The van der Waals surface area contributed by atoms with Gasteiger partial charge in [-0.15, -0.1) is 0 Å². The van der Waals surface area contributed by atoms with Gasteiger partial charge in [0.1, 0.15) is 0 Å². The zero-order valence-electron chi connectivity index (χ0n) is 9.79. The molecule has 1 atom stereocenters. The Morgan fingerprint density at radius 1 is 1.40 bits per heavy atom. The van der Waals surface area contributed by atoms with Gasteiger partial charge in [-0.1, -0.05) is 6.92 Å². The number of hydrogen-bond acceptors (Lipinski definition) is 2. The van der Waals surface area contributed by atoms with Crippen LogP contribution in [0.25, 0.3) is 0 Å². The molecule has 0 aliphatic carbocycles. The minimum Gasteiger partial charge on any atom is -0.384 e. The van der Waals surface area contributed by atoms with Gasteiger partial charge in [0.2, 0.25) is 0 Å². The lowest BCUT2D eigenvalue weighted by Crippen LogP contribution is -2.44. The third kappa shape index (κ3) is 4.51. The van der Waals surface area contributed by atoms with E-state index in [-0.39, 0.29) is 6.03 Å². The van der Waals surface area contributed by atoms with Crippen molar-refractivity contribution >= 4 is 6.03 Å². The molecule has 4 heteroatoms. The molecule has 0 spiro atoms. The molecule has 0 aromatic rings. The molecular formula is C11H22N2O2. The highest BCUT2D eigenvalue weighted by molar-refractivity contribution is 5.74. The summed E-state index contributed by atoms with van der Waals surface area (Å²) in [7, 11) is 1.68. The van der Waals surface area contributed by atoms with Gasteiger partial charge >= 0.3 is 6.03 Å². The Morgan fingerprint density at radius 2 is 2.07 bits per heavy atom. The van der Waals surface area contributed by atoms with E-state index >= 15 is 0 Å². The normalized spacial score (nSPS) is 18.7. The Labute approximate surface area is 92.0 Å². The van der Waals surface area contributed by atoms with Crippen LogP contribution in [-0.2, 0) is 4.74 Å². The predicted octanol–water partition coefficient (Wildman–Crippen LogP) is 1.46. The summed E-state index contributed by atoms with van der Waals surface area (Å²) in [5, 5.41) is 2.94. The maximum absolute atomic E-state index is 11.7. The number of amides is 2. The van der Waals surface area contributed by atoms with Crippen LogP contribution in [0, 0.1) is 5.92 Å². The Balaban J connectivity index is 2.16. The third-order valence-corrected chi connectivity index (χ3v) is 2.70. The van der Waals surface area contributed by atoms with Gasteiger partial charge in [-0.25, -0.2) is 4.79 Å². The first kappa shape index (κ1) is 12.3. The molecule has 1 unspecified atom stereocenters. The van der Waals surface area contributed by atoms with Crippen molar-refractivity contribution in [1.29, 1.82) is 0 Å². The summed E-state index contributed by atoms with van der Waals surface area (Å²) in [6.45, 7) is 5.28. The van der Waals surface area contributed by atoms with Gasteiger partial charge < -0.3 is 15.0 Å². The number of nitrogens with zero attached hydrogens (tertiary/aromatic N) is 1. The van der Waals surface area contributed by atoms with Crippen molar-refractivity contribution in [2.45, 2.75) is 26.2 Å². The highest BCUT2D eigenvalue weighted by Crippen LogP contribution is 2.08. The van der Waals surface area contributed by atoms with Gasteiger partial charge in [0.15, 0.2) is 0 Å². The van der Waals surface area contributed by atoms with Crippen LogP contribution in [0.15, 0.2) is 0 Å². The number of urea groups is 1. The molecule has 1 N–H and O–H groups in total. The lowest BCUT2D eigenvalue weighted by Gasteiger charge is -2.27. The Morgan fingerprint density at radius 3 is 2.67 bits per heavy atom. The number of carbonyl (C=O) groups excluding carboxylic acids is 1. The van der Waals surface area contributed by atoms with Crippen LogP contribution in [-0.4, -0.2) is 44.3 Å². The number of carbonyl (C=O) groups is 1. The Bertz CT molecular complexity index is 191. The number of nitrogens with one attached hydrogen (secondary N) is 1. The van der Waals surface area contributed by atoms with E-state index in [1.807, 2.05) is 4.90 Å². The Hall–Kier alpha value is -0.770. The first-order valence-corrected chi connectivity index (χ1v) is 5.75. The molecule has 1 heterocycles. The van der Waals surface area contributed by atoms with E-state index in [1.165, 1.54) is 6.42 Å². The zero-order valence-corrected chi connectivity index (χ0v) is 9.79. The van der Waals surface area contributed by atoms with E-state index in [0.29, 0.717) is 19.1 Å². The monoisotopic (exact) mass is 214 g/mol. The number of methoxy groups -OCH3 is 1. The van der Waals surface area contributed by atoms with Crippen LogP contribution >= 0.6 is 0 Å². The van der Waals surface area contributed by atoms with E-state index in [2.05, 4.69) is 12.2 Å². The number of ether oxygens (including phenoxy) is 1. The topological polar surface area (TPSA) is 41.6 Å². The number of hydrogen-bond donors (Lipinski definition) is 1. The second kappa shape index (κ2) is 6.67. The summed E-state index contributed by atoms with van der Waals surface area (Å²) in [6, 6.07) is 0.0812. The Kier molecular flexibility index (Phi) is 5.47. The maximum Gasteiger partial charge on any atom is 0.317 e. The molecule has 1 aliphatic heterocycles. The highest BCUT2D eigenvalue weighted by Gasteiger charge is 2.16. The molecule has 0 aromatic heterocycles. The van der Waals surface area contributed by atoms with Crippen molar-refractivity contribution in [3.63, 3.8) is 0 Å². The molecule has 88 valence electrons. The van der Waals surface area contributed by atoms with Gasteiger partial charge in [-0.05, 0) is 25.2 Å². The summed E-state index contributed by atoms with van der Waals surface area (Å²) >= 11 is 0. The fourth-order valence-electron chi connectivity index (χ4n) is 1.81. The standard InChI is InChI=1S/C11H22N2O2/c1-10(9-15-2)8-12-11(14)13-6-4-3-5-7-13/h10H,3-9H2,1-2H3,(H,12,14). The predicted molar refractivity (Wildman–Crippen MR) is 59.9 cm³/mol. The summed E-state index contributed by atoms with van der Waals surface area (Å²) in [6.07, 6.45) is 3.53. The van der Waals surface area contributed by atoms with Crippen LogP contribution < -0.4 is 5.32 Å². The van der Waals surface area contributed by atoms with E-state index in [0.717, 1.165) is 25.9 Å². The second-order valence-corrected chi connectivity index (χ2v) is 4.29. The van der Waals surface area contributed by atoms with Crippen molar-refractivity contribution in [2.75, 3.05) is 33.4 Å². The van der Waals surface area contributed by atoms with Crippen LogP contribution in [0.5, 0.6) is 0 Å². The van der Waals surface area contributed by atoms with Crippen molar-refractivity contribution in [1.82, 2.24) is 10.2 Å². The molecule has 2 amide bonds. The van der Waals surface area contributed by atoms with Gasteiger partial charge in [-0.3, -0.25) is 0 Å². The summed E-state index contributed by atoms with van der Waals surface area (Å²) in [5.41, 5.74) is 0. The highest BCUT2D eigenvalue weighted by atomic mass is 16.5. The lowest BCUT2D eigenvalue weighted by molar-refractivity contribution is 0.153. The van der Waals surface area contributed by atoms with E-state index in [1.54, 1.807) is 7.11 Å². The fraction of sp³-hybridized carbons (Fsp3) is 0.909. The van der Waals surface area contributed by atoms with E-state index in [9.17, 15) is 4.79 Å². The molecule has 15 heavy (non-hydrogen) atoms. The van der Waals surface area contributed by atoms with Crippen LogP contribution in [0.2, 0.25) is 0 Å². The van der Waals surface area contributed by atoms with Crippen molar-refractivity contribution in [3.05, 3.63) is 0 Å². The number of likely N-dealkylation sites (tertiary alicyclic amines) is 1. The van der Waals surface area contributed by atoms with E-state index < -0.39 is 0 Å². The quantitative estimate of drug-likeness (QED) is 0.770. The van der Waals surface area contributed by atoms with Gasteiger partial charge in [-0.2, -0.15) is 0 Å². The summed E-state index contributed by atoms with van der Waals surface area (Å²) in [5.74, 6) is 0.378. The summed E-state index contributed by atoms with van der Waals surface area (Å²) in [4.78, 5) is 13.6. The van der Waals surface area contributed by atoms with Crippen LogP contribution in [0.3, 0.4) is 0 Å². The molecule has 1 saturated heterocycles. The fourth-order valence-corrected chi connectivity index (χ4v) is 1.81. The first-order chi connectivity index (χ1) is 7.24. The summed E-state index contributed by atoms with van der Waals surface area (Å²) < 4.78 is 5.02. The molecule has 0 aromatic carbocycles.